The maximum atomic E-state index is 13.4. The van der Waals surface area contributed by atoms with Crippen LogP contribution in [0.2, 0.25) is 5.02 Å². The first-order valence-electron chi connectivity index (χ1n) is 11.1. The quantitative estimate of drug-likeness (QED) is 0.746. The number of anilines is 1. The molecule has 1 aliphatic carbocycles. The minimum absolute atomic E-state index is 0.0694. The lowest BCUT2D eigenvalue weighted by Gasteiger charge is -2.33. The van der Waals surface area contributed by atoms with Crippen molar-refractivity contribution in [3.8, 4) is 0 Å². The fourth-order valence-electron chi connectivity index (χ4n) is 5.01. The van der Waals surface area contributed by atoms with Gasteiger partial charge in [0.15, 0.2) is 0 Å². The molecule has 2 aromatic carbocycles. The van der Waals surface area contributed by atoms with Gasteiger partial charge in [0, 0.05) is 43.0 Å². The van der Waals surface area contributed by atoms with E-state index in [0.29, 0.717) is 23.0 Å². The Morgan fingerprint density at radius 3 is 2.65 bits per heavy atom. The average molecular weight is 440 g/mol. The summed E-state index contributed by atoms with van der Waals surface area (Å²) >= 11 is 6.13. The van der Waals surface area contributed by atoms with Crippen LogP contribution < -0.4 is 10.2 Å². The Morgan fingerprint density at radius 2 is 1.87 bits per heavy atom. The molecule has 1 saturated carbocycles. The number of rotatable bonds is 5. The van der Waals surface area contributed by atoms with Crippen molar-refractivity contribution in [2.24, 2.45) is 5.92 Å². The third-order valence-corrected chi connectivity index (χ3v) is 6.83. The van der Waals surface area contributed by atoms with Crippen LogP contribution in [-0.2, 0) is 11.3 Å². The molecule has 1 N–H and O–H groups in total. The second-order valence-corrected chi connectivity index (χ2v) is 9.30. The highest BCUT2D eigenvalue weighted by Crippen LogP contribution is 2.40. The van der Waals surface area contributed by atoms with Crippen LogP contribution in [0.1, 0.15) is 48.0 Å². The predicted octanol–water partition coefficient (Wildman–Crippen LogP) is 4.50. The standard InChI is InChI=1S/C25H30ClN3O2/c1-28(2)21-11-5-7-17(13-21)16-27-24(30)23-15-18-8-3-4-12-22(18)29(23)25(31)19-9-6-10-20(26)14-19/h5-7,9-11,13-14,18,22-23H,3-4,8,12,15-16H2,1-2H3,(H,27,30). The Balaban J connectivity index is 1.52. The molecule has 6 heteroatoms. The van der Waals surface area contributed by atoms with E-state index in [9.17, 15) is 9.59 Å². The van der Waals surface area contributed by atoms with E-state index in [2.05, 4.69) is 11.4 Å². The van der Waals surface area contributed by atoms with E-state index in [-0.39, 0.29) is 17.9 Å². The number of nitrogens with zero attached hydrogens (tertiary/aromatic N) is 2. The topological polar surface area (TPSA) is 52.7 Å². The molecular weight excluding hydrogens is 410 g/mol. The lowest BCUT2D eigenvalue weighted by molar-refractivity contribution is -0.125. The van der Waals surface area contributed by atoms with Crippen molar-refractivity contribution in [3.05, 3.63) is 64.7 Å². The summed E-state index contributed by atoms with van der Waals surface area (Å²) in [7, 11) is 3.99. The zero-order valence-corrected chi connectivity index (χ0v) is 18.9. The van der Waals surface area contributed by atoms with Crippen molar-refractivity contribution >= 4 is 29.1 Å². The molecule has 1 heterocycles. The van der Waals surface area contributed by atoms with Gasteiger partial charge in [-0.3, -0.25) is 9.59 Å². The van der Waals surface area contributed by atoms with Crippen molar-refractivity contribution in [1.29, 1.82) is 0 Å². The molecule has 0 radical (unpaired) electrons. The van der Waals surface area contributed by atoms with E-state index in [4.69, 9.17) is 11.6 Å². The Hall–Kier alpha value is -2.53. The molecule has 2 aromatic rings. The molecule has 2 amide bonds. The maximum Gasteiger partial charge on any atom is 0.254 e. The zero-order chi connectivity index (χ0) is 22.0. The smallest absolute Gasteiger partial charge is 0.254 e. The second kappa shape index (κ2) is 9.31. The Morgan fingerprint density at radius 1 is 1.10 bits per heavy atom. The van der Waals surface area contributed by atoms with E-state index in [1.54, 1.807) is 24.3 Å². The van der Waals surface area contributed by atoms with Crippen molar-refractivity contribution in [1.82, 2.24) is 10.2 Å². The van der Waals surface area contributed by atoms with Gasteiger partial charge in [-0.2, -0.15) is 0 Å². The van der Waals surface area contributed by atoms with Crippen molar-refractivity contribution < 1.29 is 9.59 Å². The summed E-state index contributed by atoms with van der Waals surface area (Å²) in [5.74, 6) is 0.233. The Kier molecular flexibility index (Phi) is 6.51. The van der Waals surface area contributed by atoms with Crippen LogP contribution in [0.5, 0.6) is 0 Å². The SMILES string of the molecule is CN(C)c1cccc(CNC(=O)C2CC3CCCCC3N2C(=O)c2cccc(Cl)c2)c1. The number of hydrogen-bond donors (Lipinski definition) is 1. The molecule has 3 atom stereocenters. The van der Waals surface area contributed by atoms with Gasteiger partial charge in [-0.15, -0.1) is 0 Å². The highest BCUT2D eigenvalue weighted by molar-refractivity contribution is 6.31. The van der Waals surface area contributed by atoms with E-state index in [1.807, 2.05) is 42.1 Å². The van der Waals surface area contributed by atoms with Gasteiger partial charge < -0.3 is 15.1 Å². The summed E-state index contributed by atoms with van der Waals surface area (Å²) in [6, 6.07) is 14.8. The maximum absolute atomic E-state index is 13.4. The lowest BCUT2D eigenvalue weighted by atomic mass is 9.84. The number of nitrogens with one attached hydrogen (secondary N) is 1. The van der Waals surface area contributed by atoms with Crippen LogP contribution in [0, 0.1) is 5.92 Å². The van der Waals surface area contributed by atoms with Crippen LogP contribution in [0.3, 0.4) is 0 Å². The molecular formula is C25H30ClN3O2. The first-order chi connectivity index (χ1) is 14.9. The molecule has 31 heavy (non-hydrogen) atoms. The van der Waals surface area contributed by atoms with E-state index >= 15 is 0 Å². The van der Waals surface area contributed by atoms with E-state index in [1.165, 1.54) is 6.42 Å². The third-order valence-electron chi connectivity index (χ3n) is 6.59. The van der Waals surface area contributed by atoms with Crippen LogP contribution >= 0.6 is 11.6 Å². The minimum Gasteiger partial charge on any atom is -0.378 e. The number of amides is 2. The number of hydrogen-bond acceptors (Lipinski definition) is 3. The number of likely N-dealkylation sites (tertiary alicyclic amines) is 1. The van der Waals surface area contributed by atoms with Gasteiger partial charge in [-0.25, -0.2) is 0 Å². The van der Waals surface area contributed by atoms with Crippen LogP contribution in [0.25, 0.3) is 0 Å². The number of benzene rings is 2. The highest BCUT2D eigenvalue weighted by Gasteiger charge is 2.47. The number of fused-ring (bicyclic) bond motifs is 1. The number of halogens is 1. The molecule has 2 fully saturated rings. The van der Waals surface area contributed by atoms with Crippen molar-refractivity contribution in [2.75, 3.05) is 19.0 Å². The molecule has 1 saturated heterocycles. The summed E-state index contributed by atoms with van der Waals surface area (Å²) < 4.78 is 0. The fraction of sp³-hybridized carbons (Fsp3) is 0.440. The fourth-order valence-corrected chi connectivity index (χ4v) is 5.20. The molecule has 0 spiro atoms. The number of carbonyl (C=O) groups excluding carboxylic acids is 2. The first kappa shape index (κ1) is 21.7. The Bertz CT molecular complexity index is 961. The van der Waals surface area contributed by atoms with Crippen LogP contribution in [-0.4, -0.2) is 42.9 Å². The molecule has 5 nitrogen and oxygen atoms in total. The molecule has 2 aliphatic rings. The predicted molar refractivity (Wildman–Crippen MR) is 124 cm³/mol. The summed E-state index contributed by atoms with van der Waals surface area (Å²) in [5.41, 5.74) is 2.69. The third kappa shape index (κ3) is 4.72. The summed E-state index contributed by atoms with van der Waals surface area (Å²) in [4.78, 5) is 30.6. The monoisotopic (exact) mass is 439 g/mol. The average Bonchev–Trinajstić information content (AvgIpc) is 3.17. The van der Waals surface area contributed by atoms with Gasteiger partial charge >= 0.3 is 0 Å². The Labute approximate surface area is 189 Å². The van der Waals surface area contributed by atoms with E-state index in [0.717, 1.165) is 36.9 Å². The molecule has 164 valence electrons. The van der Waals surface area contributed by atoms with Gasteiger partial charge in [-0.1, -0.05) is 42.6 Å². The normalized spacial score (nSPS) is 22.7. The molecule has 3 unspecified atom stereocenters. The molecule has 1 aliphatic heterocycles. The molecule has 4 rings (SSSR count). The zero-order valence-electron chi connectivity index (χ0n) is 18.2. The van der Waals surface area contributed by atoms with Gasteiger partial charge in [-0.05, 0) is 61.1 Å². The van der Waals surface area contributed by atoms with Crippen molar-refractivity contribution in [3.63, 3.8) is 0 Å². The van der Waals surface area contributed by atoms with E-state index < -0.39 is 6.04 Å². The summed E-state index contributed by atoms with van der Waals surface area (Å²) in [6.07, 6.45) is 5.06. The minimum atomic E-state index is -0.434. The van der Waals surface area contributed by atoms with Crippen LogP contribution in [0.15, 0.2) is 48.5 Å². The lowest BCUT2D eigenvalue weighted by Crippen LogP contribution is -2.49. The van der Waals surface area contributed by atoms with Crippen LogP contribution in [0.4, 0.5) is 5.69 Å². The van der Waals surface area contributed by atoms with Gasteiger partial charge in [0.25, 0.3) is 5.91 Å². The summed E-state index contributed by atoms with van der Waals surface area (Å²) in [6.45, 7) is 0.450. The van der Waals surface area contributed by atoms with Crippen molar-refractivity contribution in [2.45, 2.75) is 50.7 Å². The summed E-state index contributed by atoms with van der Waals surface area (Å²) in [5, 5.41) is 3.62. The second-order valence-electron chi connectivity index (χ2n) is 8.87. The van der Waals surface area contributed by atoms with Gasteiger partial charge in [0.2, 0.25) is 5.91 Å². The number of carbonyl (C=O) groups is 2. The molecule has 0 bridgehead atoms. The largest absolute Gasteiger partial charge is 0.378 e. The van der Waals surface area contributed by atoms with Gasteiger partial charge in [0.1, 0.15) is 6.04 Å². The highest BCUT2D eigenvalue weighted by atomic mass is 35.5. The first-order valence-corrected chi connectivity index (χ1v) is 11.4. The van der Waals surface area contributed by atoms with Gasteiger partial charge in [0.05, 0.1) is 0 Å². The molecule has 0 aromatic heterocycles.